The Hall–Kier alpha value is -1.83. The molecule has 0 bridgehead atoms. The van der Waals surface area contributed by atoms with Crippen molar-refractivity contribution in [3.8, 4) is 0 Å². The van der Waals surface area contributed by atoms with E-state index in [4.69, 9.17) is 0 Å². The Morgan fingerprint density at radius 1 is 0.471 bits per heavy atom. The molecule has 0 fully saturated rings. The summed E-state index contributed by atoms with van der Waals surface area (Å²) in [5.74, 6) is -84.2. The first-order valence-corrected chi connectivity index (χ1v) is 15.3. The van der Waals surface area contributed by atoms with Gasteiger partial charge < -0.3 is 9.04 Å². The number of quaternary nitrogens is 1. The summed E-state index contributed by atoms with van der Waals surface area (Å²) >= 11 is 0. The molecule has 0 aliphatic rings. The molecule has 0 spiro atoms. The molecule has 51 heavy (non-hydrogen) atoms. The van der Waals surface area contributed by atoms with Gasteiger partial charge in [0.2, 0.25) is 0 Å². The summed E-state index contributed by atoms with van der Waals surface area (Å²) in [6.45, 7) is -2.43. The lowest BCUT2D eigenvalue weighted by atomic mass is 9.86. The maximum atomic E-state index is 14.2. The maximum Gasteiger partial charge on any atom is 0.460 e. The van der Waals surface area contributed by atoms with Crippen LogP contribution in [-0.4, -0.2) is 130 Å². The van der Waals surface area contributed by atoms with Crippen molar-refractivity contribution >= 4 is 20.1 Å². The quantitative estimate of drug-likeness (QED) is 0.0725. The van der Waals surface area contributed by atoms with E-state index < -0.39 is 121 Å². The van der Waals surface area contributed by atoms with Crippen LogP contribution in [0.15, 0.2) is 0 Å². The molecule has 0 radical (unpaired) electrons. The van der Waals surface area contributed by atoms with Crippen LogP contribution in [0.5, 0.6) is 0 Å². The molecule has 32 heteroatoms. The average Bonchev–Trinajstić information content (AvgIpc) is 2.88. The third-order valence-corrected chi connectivity index (χ3v) is 8.91. The summed E-state index contributed by atoms with van der Waals surface area (Å²) in [4.78, 5) is 0. The highest BCUT2D eigenvalue weighted by molar-refractivity contribution is 7.90. The van der Waals surface area contributed by atoms with Crippen LogP contribution in [0.3, 0.4) is 0 Å². The van der Waals surface area contributed by atoms with Crippen LogP contribution < -0.4 is 4.72 Å². The largest absolute Gasteiger partial charge is 0.748 e. The van der Waals surface area contributed by atoms with Gasteiger partial charge in [0.1, 0.15) is 0 Å². The zero-order chi connectivity index (χ0) is 41.9. The number of nitrogens with zero attached hydrogens (tertiary/aromatic N) is 1. The Morgan fingerprint density at radius 3 is 1.04 bits per heavy atom. The minimum Gasteiger partial charge on any atom is -0.748 e. The van der Waals surface area contributed by atoms with Crippen molar-refractivity contribution in [1.82, 2.24) is 4.72 Å². The molecule has 1 N–H and O–H groups in total. The molecule has 308 valence electrons. The lowest BCUT2D eigenvalue weighted by Crippen LogP contribution is -2.78. The van der Waals surface area contributed by atoms with Gasteiger partial charge in [-0.25, -0.2) is 21.6 Å². The molecule has 0 saturated heterocycles. The van der Waals surface area contributed by atoms with Gasteiger partial charge in [0, 0.05) is 25.1 Å². The number of halogens is 23. The van der Waals surface area contributed by atoms with Crippen LogP contribution in [0.25, 0.3) is 0 Å². The van der Waals surface area contributed by atoms with E-state index in [1.807, 2.05) is 0 Å². The van der Waals surface area contributed by atoms with Crippen molar-refractivity contribution in [2.24, 2.45) is 0 Å². The van der Waals surface area contributed by atoms with E-state index in [0.29, 0.717) is 4.72 Å². The fourth-order valence-electron chi connectivity index (χ4n) is 3.50. The molecule has 0 amide bonds. The summed E-state index contributed by atoms with van der Waals surface area (Å²) in [5, 5.41) is -7.95. The number of nitrogens with one attached hydrogen (secondary N) is 1. The Balaban J connectivity index is 6.71. The minimum atomic E-state index is -9.60. The Kier molecular flexibility index (Phi) is 13.0. The van der Waals surface area contributed by atoms with E-state index in [1.54, 1.807) is 0 Å². The summed E-state index contributed by atoms with van der Waals surface area (Å²) in [6, 6.07) is 0. The van der Waals surface area contributed by atoms with Crippen LogP contribution in [0.1, 0.15) is 12.8 Å². The Morgan fingerprint density at radius 2 is 0.745 bits per heavy atom. The van der Waals surface area contributed by atoms with Gasteiger partial charge in [0.05, 0.1) is 37.3 Å². The monoisotopic (exact) mass is 856 g/mol. The molecular weight excluding hydrogens is 837 g/mol. The van der Waals surface area contributed by atoms with Gasteiger partial charge in [-0.15, -0.1) is 0 Å². The third-order valence-electron chi connectivity index (χ3n) is 6.60. The van der Waals surface area contributed by atoms with Gasteiger partial charge in [-0.05, 0) is 0 Å². The van der Waals surface area contributed by atoms with Gasteiger partial charge in [-0.1, -0.05) is 0 Å². The standard InChI is InChI=1S/C19H19F23N2O5S2/c1-44(2,7-4-8-50(45,46)47)6-3-5-43-51(48,49)19(41,42)17(36,37)15(32,33)13(28,29)11(24,25)9(20,21)10(22,23)12(26,27)14(30,31)16(34,35)18(38,39)40/h43H,3-8H2,1-2H3. The van der Waals surface area contributed by atoms with Crippen LogP contribution in [0.4, 0.5) is 101 Å². The van der Waals surface area contributed by atoms with Gasteiger partial charge >= 0.3 is 64.7 Å². The van der Waals surface area contributed by atoms with Gasteiger partial charge in [0.25, 0.3) is 10.0 Å². The molecule has 7 nitrogen and oxygen atoms in total. The predicted molar refractivity (Wildman–Crippen MR) is 118 cm³/mol. The molecule has 0 heterocycles. The normalized spacial score (nSPS) is 16.5. The van der Waals surface area contributed by atoms with E-state index in [1.165, 1.54) is 0 Å². The first-order chi connectivity index (χ1) is 21.7. The third kappa shape index (κ3) is 7.88. The number of hydrogen-bond donors (Lipinski definition) is 1. The molecule has 0 aromatic rings. The molecule has 0 unspecified atom stereocenters. The van der Waals surface area contributed by atoms with Crippen molar-refractivity contribution in [2.45, 2.75) is 77.6 Å². The van der Waals surface area contributed by atoms with Gasteiger partial charge in [0.15, 0.2) is 0 Å². The van der Waals surface area contributed by atoms with E-state index in [0.717, 1.165) is 14.1 Å². The number of sulfonamides is 1. The van der Waals surface area contributed by atoms with Crippen molar-refractivity contribution in [2.75, 3.05) is 39.5 Å². The maximum absolute atomic E-state index is 14.2. The van der Waals surface area contributed by atoms with Gasteiger partial charge in [-0.3, -0.25) is 0 Å². The predicted octanol–water partition coefficient (Wildman–Crippen LogP) is 6.18. The smallest absolute Gasteiger partial charge is 0.460 e. The fourth-order valence-corrected chi connectivity index (χ4v) is 5.04. The lowest BCUT2D eigenvalue weighted by Gasteiger charge is -2.45. The summed E-state index contributed by atoms with van der Waals surface area (Å²) < 4.78 is 366. The second kappa shape index (κ2) is 13.5. The number of alkyl halides is 23. The highest BCUT2D eigenvalue weighted by Crippen LogP contribution is 2.67. The number of hydrogen-bond acceptors (Lipinski definition) is 5. The zero-order valence-electron chi connectivity index (χ0n) is 24.2. The van der Waals surface area contributed by atoms with Crippen molar-refractivity contribution < 1.29 is 127 Å². The summed E-state index contributed by atoms with van der Waals surface area (Å²) in [5.41, 5.74) is 0. The van der Waals surface area contributed by atoms with E-state index in [2.05, 4.69) is 0 Å². The highest BCUT2D eigenvalue weighted by Gasteiger charge is 2.99. The van der Waals surface area contributed by atoms with Crippen LogP contribution >= 0.6 is 0 Å². The molecule has 0 saturated carbocycles. The zero-order valence-corrected chi connectivity index (χ0v) is 25.9. The van der Waals surface area contributed by atoms with Crippen molar-refractivity contribution in [3.63, 3.8) is 0 Å². The molecular formula is C19H19F23N2O5S2. The highest BCUT2D eigenvalue weighted by atomic mass is 32.2. The topological polar surface area (TPSA) is 103 Å². The van der Waals surface area contributed by atoms with E-state index in [9.17, 15) is 122 Å². The first kappa shape index (κ1) is 49.2. The van der Waals surface area contributed by atoms with Crippen LogP contribution in [0, 0.1) is 0 Å². The molecule has 0 atom stereocenters. The van der Waals surface area contributed by atoms with Crippen LogP contribution in [-0.2, 0) is 20.1 Å². The van der Waals surface area contributed by atoms with Crippen LogP contribution in [0.2, 0.25) is 0 Å². The SMILES string of the molecule is C[N+](C)(CCCNS(=O)(=O)C(F)(F)C(F)(F)C(F)(F)C(F)(F)C(F)(F)C(F)(F)C(F)(F)C(F)(F)C(F)(F)C(F)(F)C(F)(F)F)CCCS(=O)(=O)[O-]. The van der Waals surface area contributed by atoms with E-state index in [-0.39, 0.29) is 6.54 Å². The molecule has 0 aliphatic heterocycles. The second-order valence-electron chi connectivity index (χ2n) is 10.9. The minimum absolute atomic E-state index is 0.282. The van der Waals surface area contributed by atoms with Crippen molar-refractivity contribution in [1.29, 1.82) is 0 Å². The van der Waals surface area contributed by atoms with Gasteiger partial charge in [-0.2, -0.15) is 101 Å². The molecule has 0 aliphatic carbocycles. The second-order valence-corrected chi connectivity index (χ2v) is 14.3. The van der Waals surface area contributed by atoms with Crippen molar-refractivity contribution in [3.05, 3.63) is 0 Å². The lowest BCUT2D eigenvalue weighted by molar-refractivity contribution is -0.890. The summed E-state index contributed by atoms with van der Waals surface area (Å²) in [6.07, 6.45) is -9.47. The van der Waals surface area contributed by atoms with E-state index >= 15 is 0 Å². The Labute approximate surface area is 269 Å². The molecule has 0 aromatic heterocycles. The fraction of sp³-hybridized carbons (Fsp3) is 1.00. The molecule has 0 aromatic carbocycles. The average molecular weight is 856 g/mol. The summed E-state index contributed by atoms with van der Waals surface area (Å²) in [7, 11) is -10.1. The number of rotatable bonds is 19. The molecule has 0 rings (SSSR count). The Bertz CT molecular complexity index is 1460. The first-order valence-electron chi connectivity index (χ1n) is 12.3.